The highest BCUT2D eigenvalue weighted by atomic mass is 19.4. The minimum atomic E-state index is -4.55. The van der Waals surface area contributed by atoms with Crippen molar-refractivity contribution in [2.45, 2.75) is 57.7 Å². The van der Waals surface area contributed by atoms with Crippen molar-refractivity contribution in [1.82, 2.24) is 19.9 Å². The molecule has 2 aliphatic heterocycles. The van der Waals surface area contributed by atoms with E-state index in [1.54, 1.807) is 4.90 Å². The molecule has 2 saturated heterocycles. The first-order chi connectivity index (χ1) is 15.6. The summed E-state index contributed by atoms with van der Waals surface area (Å²) in [6.07, 6.45) is -0.535. The molecule has 33 heavy (non-hydrogen) atoms. The van der Waals surface area contributed by atoms with Crippen LogP contribution in [0.1, 0.15) is 56.7 Å². The van der Waals surface area contributed by atoms with Crippen LogP contribution in [0.25, 0.3) is 0 Å². The third-order valence-electron chi connectivity index (χ3n) is 6.34. The van der Waals surface area contributed by atoms with Crippen molar-refractivity contribution in [3.05, 3.63) is 35.4 Å². The predicted molar refractivity (Wildman–Crippen MR) is 115 cm³/mol. The molecule has 4 rings (SSSR count). The molecular formula is C22H26F4N6O. The molecule has 1 N–H and O–H groups in total. The van der Waals surface area contributed by atoms with Crippen LogP contribution in [0.2, 0.25) is 0 Å². The summed E-state index contributed by atoms with van der Waals surface area (Å²) >= 11 is 0. The number of rotatable bonds is 4. The number of anilines is 3. The van der Waals surface area contributed by atoms with E-state index in [1.165, 1.54) is 6.92 Å². The molecule has 0 radical (unpaired) electrons. The number of likely N-dealkylation sites (tertiary alicyclic amines) is 1. The SMILES string of the molecule is CC(=O)N1CCC(c2nc(N3CCC[C@H]3C)nc(Nc3cc(C(F)(F)F)ccn3)c2F)CC1. The molecule has 0 aliphatic carbocycles. The molecule has 11 heteroatoms. The molecule has 0 spiro atoms. The zero-order valence-corrected chi connectivity index (χ0v) is 18.5. The van der Waals surface area contributed by atoms with Crippen molar-refractivity contribution in [2.24, 2.45) is 0 Å². The van der Waals surface area contributed by atoms with Gasteiger partial charge in [0.15, 0.2) is 11.6 Å². The van der Waals surface area contributed by atoms with Gasteiger partial charge < -0.3 is 15.1 Å². The van der Waals surface area contributed by atoms with Gasteiger partial charge in [-0.3, -0.25) is 4.79 Å². The molecule has 4 heterocycles. The number of aromatic nitrogens is 3. The fourth-order valence-corrected chi connectivity index (χ4v) is 4.43. The third kappa shape index (κ3) is 5.01. The van der Waals surface area contributed by atoms with E-state index in [2.05, 4.69) is 20.3 Å². The molecule has 0 aromatic carbocycles. The molecule has 0 unspecified atom stereocenters. The lowest BCUT2D eigenvalue weighted by atomic mass is 9.92. The summed E-state index contributed by atoms with van der Waals surface area (Å²) in [5, 5.41) is 2.64. The lowest BCUT2D eigenvalue weighted by Crippen LogP contribution is -2.37. The topological polar surface area (TPSA) is 74.2 Å². The molecule has 0 saturated carbocycles. The number of carbonyl (C=O) groups is 1. The average Bonchev–Trinajstić information content (AvgIpc) is 3.21. The number of nitrogens with one attached hydrogen (secondary N) is 1. The van der Waals surface area contributed by atoms with Gasteiger partial charge in [0, 0.05) is 44.7 Å². The summed E-state index contributed by atoms with van der Waals surface area (Å²) in [5.41, 5.74) is -0.670. The number of hydrogen-bond acceptors (Lipinski definition) is 6. The van der Waals surface area contributed by atoms with Gasteiger partial charge in [0.2, 0.25) is 11.9 Å². The summed E-state index contributed by atoms with van der Waals surface area (Å²) in [7, 11) is 0. The molecule has 2 aliphatic rings. The maximum atomic E-state index is 15.6. The Morgan fingerprint density at radius 3 is 2.48 bits per heavy atom. The Labute approximate surface area is 189 Å². The number of pyridine rings is 1. The first-order valence-corrected chi connectivity index (χ1v) is 11.0. The van der Waals surface area contributed by atoms with Gasteiger partial charge in [-0.05, 0) is 44.7 Å². The lowest BCUT2D eigenvalue weighted by Gasteiger charge is -2.32. The predicted octanol–water partition coefficient (Wildman–Crippen LogP) is 4.49. The highest BCUT2D eigenvalue weighted by Crippen LogP contribution is 2.35. The summed E-state index contributed by atoms with van der Waals surface area (Å²) in [6, 6.07) is 1.85. The highest BCUT2D eigenvalue weighted by Gasteiger charge is 2.32. The Kier molecular flexibility index (Phi) is 6.40. The Bertz CT molecular complexity index is 1020. The van der Waals surface area contributed by atoms with E-state index in [9.17, 15) is 18.0 Å². The standard InChI is InChI=1S/C22H26F4N6O/c1-13-4-3-9-32(13)21-29-19(15-6-10-31(11-7-15)14(2)33)18(23)20(30-21)28-17-12-16(5-8-27-17)22(24,25)26/h5,8,12-13,15H,3-4,6-7,9-11H2,1-2H3,(H,27,28,29,30)/t13-/m1/s1. The van der Waals surface area contributed by atoms with Crippen LogP contribution < -0.4 is 10.2 Å². The second-order valence-electron chi connectivity index (χ2n) is 8.59. The highest BCUT2D eigenvalue weighted by molar-refractivity contribution is 5.73. The van der Waals surface area contributed by atoms with Crippen molar-refractivity contribution < 1.29 is 22.4 Å². The van der Waals surface area contributed by atoms with Crippen LogP contribution in [0, 0.1) is 5.82 Å². The quantitative estimate of drug-likeness (QED) is 0.670. The van der Waals surface area contributed by atoms with E-state index < -0.39 is 17.6 Å². The molecule has 178 valence electrons. The third-order valence-corrected chi connectivity index (χ3v) is 6.34. The number of amides is 1. The summed E-state index contributed by atoms with van der Waals surface area (Å²) in [6.45, 7) is 5.25. The number of carbonyl (C=O) groups excluding carboxylic acids is 1. The van der Waals surface area contributed by atoms with E-state index >= 15 is 4.39 Å². The molecular weight excluding hydrogens is 440 g/mol. The number of nitrogens with zero attached hydrogens (tertiary/aromatic N) is 5. The second kappa shape index (κ2) is 9.11. The van der Waals surface area contributed by atoms with Crippen LogP contribution in [0.4, 0.5) is 35.1 Å². The maximum Gasteiger partial charge on any atom is 0.416 e. The normalized spacial score (nSPS) is 19.8. The molecule has 7 nitrogen and oxygen atoms in total. The minimum absolute atomic E-state index is 0.0267. The van der Waals surface area contributed by atoms with Crippen LogP contribution in [0.15, 0.2) is 18.3 Å². The summed E-state index contributed by atoms with van der Waals surface area (Å²) in [5.74, 6) is -0.961. The molecule has 0 bridgehead atoms. The average molecular weight is 466 g/mol. The zero-order chi connectivity index (χ0) is 23.8. The minimum Gasteiger partial charge on any atom is -0.343 e. The Morgan fingerprint density at radius 1 is 1.15 bits per heavy atom. The van der Waals surface area contributed by atoms with Gasteiger partial charge in [0.25, 0.3) is 0 Å². The largest absolute Gasteiger partial charge is 0.416 e. The monoisotopic (exact) mass is 466 g/mol. The van der Waals surface area contributed by atoms with Gasteiger partial charge in [-0.25, -0.2) is 14.4 Å². The molecule has 1 amide bonds. The van der Waals surface area contributed by atoms with Crippen molar-refractivity contribution in [3.8, 4) is 0 Å². The lowest BCUT2D eigenvalue weighted by molar-refractivity contribution is -0.137. The Morgan fingerprint density at radius 2 is 1.88 bits per heavy atom. The number of halogens is 4. The van der Waals surface area contributed by atoms with Gasteiger partial charge in [-0.15, -0.1) is 0 Å². The van der Waals surface area contributed by atoms with Gasteiger partial charge in [0.05, 0.1) is 11.3 Å². The zero-order valence-electron chi connectivity index (χ0n) is 18.5. The van der Waals surface area contributed by atoms with Crippen LogP contribution in [0.5, 0.6) is 0 Å². The van der Waals surface area contributed by atoms with Gasteiger partial charge in [0.1, 0.15) is 5.82 Å². The number of alkyl halides is 3. The van der Waals surface area contributed by atoms with E-state index in [4.69, 9.17) is 0 Å². The Balaban J connectivity index is 1.69. The number of hydrogen-bond donors (Lipinski definition) is 1. The van der Waals surface area contributed by atoms with Crippen LogP contribution >= 0.6 is 0 Å². The number of piperidine rings is 1. The van der Waals surface area contributed by atoms with Crippen molar-refractivity contribution in [2.75, 3.05) is 29.9 Å². The second-order valence-corrected chi connectivity index (χ2v) is 8.59. The van der Waals surface area contributed by atoms with E-state index in [0.717, 1.165) is 37.7 Å². The first-order valence-electron chi connectivity index (χ1n) is 11.0. The van der Waals surface area contributed by atoms with Gasteiger partial charge in [-0.1, -0.05) is 0 Å². The van der Waals surface area contributed by atoms with E-state index in [-0.39, 0.29) is 35.2 Å². The van der Waals surface area contributed by atoms with Gasteiger partial charge in [-0.2, -0.15) is 18.2 Å². The summed E-state index contributed by atoms with van der Waals surface area (Å²) in [4.78, 5) is 28.1. The molecule has 2 aromatic heterocycles. The van der Waals surface area contributed by atoms with Crippen molar-refractivity contribution in [3.63, 3.8) is 0 Å². The van der Waals surface area contributed by atoms with Crippen molar-refractivity contribution >= 4 is 23.5 Å². The van der Waals surface area contributed by atoms with E-state index in [1.807, 2.05) is 11.8 Å². The maximum absolute atomic E-state index is 15.6. The summed E-state index contributed by atoms with van der Waals surface area (Å²) < 4.78 is 54.9. The van der Waals surface area contributed by atoms with Crippen LogP contribution in [-0.2, 0) is 11.0 Å². The van der Waals surface area contributed by atoms with Crippen molar-refractivity contribution in [1.29, 1.82) is 0 Å². The molecule has 2 fully saturated rings. The van der Waals surface area contributed by atoms with Gasteiger partial charge >= 0.3 is 6.18 Å². The Hall–Kier alpha value is -2.98. The fourth-order valence-electron chi connectivity index (χ4n) is 4.43. The van der Waals surface area contributed by atoms with Crippen LogP contribution in [-0.4, -0.2) is 51.4 Å². The van der Waals surface area contributed by atoms with E-state index in [0.29, 0.717) is 31.9 Å². The smallest absolute Gasteiger partial charge is 0.343 e. The fraction of sp³-hybridized carbons (Fsp3) is 0.545. The van der Waals surface area contributed by atoms with Crippen LogP contribution in [0.3, 0.4) is 0 Å². The molecule has 1 atom stereocenters. The molecule has 2 aromatic rings. The first kappa shape index (κ1) is 23.2.